The molecule has 0 radical (unpaired) electrons. The van der Waals surface area contributed by atoms with Crippen molar-refractivity contribution in [1.82, 2.24) is 15.1 Å². The minimum Gasteiger partial charge on any atom is -0.491 e. The Morgan fingerprint density at radius 2 is 1.61 bits per heavy atom. The van der Waals surface area contributed by atoms with Crippen LogP contribution in [0.2, 0.25) is 0 Å². The predicted octanol–water partition coefficient (Wildman–Crippen LogP) is 4.20. The average Bonchev–Trinajstić information content (AvgIpc) is 3.23. The average molecular weight is 606 g/mol. The fourth-order valence-electron chi connectivity index (χ4n) is 6.46. The summed E-state index contributed by atoms with van der Waals surface area (Å²) in [7, 11) is 0. The van der Waals surface area contributed by atoms with Crippen molar-refractivity contribution < 1.29 is 38.6 Å². The van der Waals surface area contributed by atoms with E-state index in [1.54, 1.807) is 56.0 Å². The quantitative estimate of drug-likeness (QED) is 0.337. The SMILES string of the molecule is CC(C)(C)OC(=O)NCCOc1cccc2c1[C@@H](CN1C(=O)c3ccccc3C1=O)N(C(=O)C1CCCCC1C(=O)O)CC2. The largest absolute Gasteiger partial charge is 0.491 e. The summed E-state index contributed by atoms with van der Waals surface area (Å²) in [5.41, 5.74) is 1.55. The Bertz CT molecular complexity index is 1430. The number of nitrogens with one attached hydrogen (secondary N) is 1. The van der Waals surface area contributed by atoms with Gasteiger partial charge >= 0.3 is 12.1 Å². The first-order valence-corrected chi connectivity index (χ1v) is 15.2. The van der Waals surface area contributed by atoms with E-state index >= 15 is 0 Å². The van der Waals surface area contributed by atoms with E-state index in [1.807, 2.05) is 12.1 Å². The molecule has 2 heterocycles. The maximum absolute atomic E-state index is 14.2. The van der Waals surface area contributed by atoms with Crippen molar-refractivity contribution in [3.63, 3.8) is 0 Å². The highest BCUT2D eigenvalue weighted by Crippen LogP contribution is 2.41. The molecule has 0 saturated heterocycles. The molecule has 2 aromatic carbocycles. The second-order valence-corrected chi connectivity index (χ2v) is 12.5. The van der Waals surface area contributed by atoms with Gasteiger partial charge < -0.3 is 24.8 Å². The van der Waals surface area contributed by atoms with Gasteiger partial charge in [-0.15, -0.1) is 0 Å². The van der Waals surface area contributed by atoms with Gasteiger partial charge in [-0.05, 0) is 63.8 Å². The molecule has 0 aromatic heterocycles. The molecule has 1 fully saturated rings. The molecule has 44 heavy (non-hydrogen) atoms. The number of hydrogen-bond acceptors (Lipinski definition) is 7. The lowest BCUT2D eigenvalue weighted by molar-refractivity contribution is -0.153. The third-order valence-electron chi connectivity index (χ3n) is 8.43. The number of aliphatic carboxylic acids is 1. The van der Waals surface area contributed by atoms with Crippen LogP contribution in [0.5, 0.6) is 5.75 Å². The fourth-order valence-corrected chi connectivity index (χ4v) is 6.46. The summed E-state index contributed by atoms with van der Waals surface area (Å²) in [6.07, 6.45) is 2.32. The highest BCUT2D eigenvalue weighted by atomic mass is 16.6. The zero-order valence-corrected chi connectivity index (χ0v) is 25.3. The monoisotopic (exact) mass is 605 g/mol. The number of hydrogen-bond donors (Lipinski definition) is 2. The van der Waals surface area contributed by atoms with Crippen LogP contribution in [-0.2, 0) is 20.7 Å². The third kappa shape index (κ3) is 6.41. The van der Waals surface area contributed by atoms with Gasteiger partial charge in [0, 0.05) is 12.1 Å². The first kappa shape index (κ1) is 31.0. The van der Waals surface area contributed by atoms with E-state index in [0.717, 1.165) is 18.4 Å². The molecule has 2 aromatic rings. The summed E-state index contributed by atoms with van der Waals surface area (Å²) in [4.78, 5) is 68.0. The molecule has 4 amide bonds. The molecule has 0 bridgehead atoms. The second kappa shape index (κ2) is 12.7. The highest BCUT2D eigenvalue weighted by molar-refractivity contribution is 6.21. The van der Waals surface area contributed by atoms with Gasteiger partial charge in [0.25, 0.3) is 11.8 Å². The van der Waals surface area contributed by atoms with Gasteiger partial charge in [-0.3, -0.25) is 24.1 Å². The molecule has 2 unspecified atom stereocenters. The lowest BCUT2D eigenvalue weighted by Gasteiger charge is -2.42. The Kier molecular flexibility index (Phi) is 8.94. The van der Waals surface area contributed by atoms with Crippen LogP contribution in [0.3, 0.4) is 0 Å². The molecule has 11 nitrogen and oxygen atoms in total. The first-order chi connectivity index (χ1) is 21.0. The first-order valence-electron chi connectivity index (χ1n) is 15.2. The van der Waals surface area contributed by atoms with Crippen molar-refractivity contribution in [2.75, 3.05) is 26.2 Å². The number of amides is 4. The summed E-state index contributed by atoms with van der Waals surface area (Å²) in [6, 6.07) is 11.4. The minimum atomic E-state index is -0.987. The van der Waals surface area contributed by atoms with E-state index in [9.17, 15) is 29.1 Å². The Balaban J connectivity index is 1.44. The Morgan fingerprint density at radius 1 is 0.955 bits per heavy atom. The highest BCUT2D eigenvalue weighted by Gasteiger charge is 2.45. The number of carboxylic acids is 1. The topological polar surface area (TPSA) is 143 Å². The standard InChI is InChI=1S/C33H39N3O8/c1-33(2,3)44-32(42)34-16-18-43-26-14-8-9-20-15-17-35(28(37)23-12-6-7-13-24(23)31(40)41)25(27(20)26)19-36-29(38)21-10-4-5-11-22(21)30(36)39/h4-5,8-11,14,23-25H,6-7,12-13,15-19H2,1-3H3,(H,34,42)(H,40,41)/t23?,24?,25-/m1/s1. The summed E-state index contributed by atoms with van der Waals surface area (Å²) in [5.74, 6) is -3.17. The van der Waals surface area contributed by atoms with Crippen molar-refractivity contribution in [3.05, 3.63) is 64.7 Å². The number of imide groups is 1. The molecule has 234 valence electrons. The molecule has 3 atom stereocenters. The maximum Gasteiger partial charge on any atom is 0.407 e. The van der Waals surface area contributed by atoms with Crippen LogP contribution in [0.4, 0.5) is 4.79 Å². The van der Waals surface area contributed by atoms with Gasteiger partial charge in [-0.2, -0.15) is 0 Å². The smallest absolute Gasteiger partial charge is 0.407 e. The van der Waals surface area contributed by atoms with Crippen LogP contribution in [0.15, 0.2) is 42.5 Å². The van der Waals surface area contributed by atoms with Gasteiger partial charge in [0.15, 0.2) is 0 Å². The number of rotatable bonds is 8. The van der Waals surface area contributed by atoms with Crippen molar-refractivity contribution in [2.45, 2.75) is 64.5 Å². The minimum absolute atomic E-state index is 0.104. The van der Waals surface area contributed by atoms with Crippen LogP contribution in [0.1, 0.15) is 84.3 Å². The zero-order valence-electron chi connectivity index (χ0n) is 25.3. The second-order valence-electron chi connectivity index (χ2n) is 12.5. The molecule has 5 rings (SSSR count). The van der Waals surface area contributed by atoms with E-state index in [2.05, 4.69) is 5.32 Å². The normalized spacial score (nSPS) is 21.4. The number of carbonyl (C=O) groups excluding carboxylic acids is 4. The molecule has 0 spiro atoms. The van der Waals surface area contributed by atoms with Crippen molar-refractivity contribution in [1.29, 1.82) is 0 Å². The van der Waals surface area contributed by atoms with Crippen LogP contribution < -0.4 is 10.1 Å². The van der Waals surface area contributed by atoms with Crippen molar-refractivity contribution >= 4 is 29.8 Å². The molecule has 2 aliphatic heterocycles. The summed E-state index contributed by atoms with van der Waals surface area (Å²) >= 11 is 0. The van der Waals surface area contributed by atoms with Crippen LogP contribution in [0, 0.1) is 11.8 Å². The van der Waals surface area contributed by atoms with E-state index in [0.29, 0.717) is 48.2 Å². The number of ether oxygens (including phenoxy) is 2. The van der Waals surface area contributed by atoms with Gasteiger partial charge in [-0.25, -0.2) is 4.79 Å². The van der Waals surface area contributed by atoms with Crippen molar-refractivity contribution in [2.24, 2.45) is 11.8 Å². The molecule has 3 aliphatic rings. The number of alkyl carbamates (subject to hydrolysis) is 1. The molecule has 2 N–H and O–H groups in total. The number of fused-ring (bicyclic) bond motifs is 2. The van der Waals surface area contributed by atoms with Gasteiger partial charge in [0.2, 0.25) is 5.91 Å². The van der Waals surface area contributed by atoms with E-state index in [4.69, 9.17) is 9.47 Å². The van der Waals surface area contributed by atoms with E-state index in [-0.39, 0.29) is 25.6 Å². The molecule has 1 saturated carbocycles. The third-order valence-corrected chi connectivity index (χ3v) is 8.43. The lowest BCUT2D eigenvalue weighted by Crippen LogP contribution is -2.50. The van der Waals surface area contributed by atoms with Gasteiger partial charge in [-0.1, -0.05) is 37.1 Å². The summed E-state index contributed by atoms with van der Waals surface area (Å²) in [5, 5.41) is 12.6. The Morgan fingerprint density at radius 3 is 2.25 bits per heavy atom. The van der Waals surface area contributed by atoms with Crippen LogP contribution >= 0.6 is 0 Å². The molecule has 1 aliphatic carbocycles. The maximum atomic E-state index is 14.2. The van der Waals surface area contributed by atoms with E-state index in [1.165, 1.54) is 4.90 Å². The van der Waals surface area contributed by atoms with Gasteiger partial charge in [0.1, 0.15) is 18.0 Å². The predicted molar refractivity (Wildman–Crippen MR) is 159 cm³/mol. The van der Waals surface area contributed by atoms with Crippen LogP contribution in [-0.4, -0.2) is 76.5 Å². The molecular weight excluding hydrogens is 566 g/mol. The summed E-state index contributed by atoms with van der Waals surface area (Å²) in [6.45, 7) is 5.78. The number of benzene rings is 2. The fraction of sp³-hybridized carbons (Fsp3) is 0.485. The lowest BCUT2D eigenvalue weighted by atomic mass is 9.77. The van der Waals surface area contributed by atoms with Crippen LogP contribution in [0.25, 0.3) is 0 Å². The Labute approximate surface area is 256 Å². The molecular formula is C33H39N3O8. The number of nitrogens with zero attached hydrogens (tertiary/aromatic N) is 2. The zero-order chi connectivity index (χ0) is 31.6. The molecule has 11 heteroatoms. The number of carbonyl (C=O) groups is 5. The number of carboxylic acid groups (broad SMARTS) is 1. The van der Waals surface area contributed by atoms with Gasteiger partial charge in [0.05, 0.1) is 42.1 Å². The Hall–Kier alpha value is -4.41. The summed E-state index contributed by atoms with van der Waals surface area (Å²) < 4.78 is 11.4. The van der Waals surface area contributed by atoms with Crippen molar-refractivity contribution in [3.8, 4) is 5.75 Å². The van der Waals surface area contributed by atoms with E-state index < -0.39 is 47.4 Å².